The van der Waals surface area contributed by atoms with Crippen LogP contribution < -0.4 is 5.32 Å². The Kier molecular flexibility index (Phi) is 4.27. The van der Waals surface area contributed by atoms with E-state index in [0.29, 0.717) is 11.3 Å². The van der Waals surface area contributed by atoms with E-state index >= 15 is 0 Å². The van der Waals surface area contributed by atoms with Gasteiger partial charge >= 0.3 is 0 Å². The summed E-state index contributed by atoms with van der Waals surface area (Å²) in [6.07, 6.45) is 4.86. The normalized spacial score (nSPS) is 28.6. The molecule has 2 saturated heterocycles. The molecule has 6 nitrogen and oxygen atoms in total. The number of amides is 1. The van der Waals surface area contributed by atoms with E-state index in [1.807, 2.05) is 0 Å². The van der Waals surface area contributed by atoms with E-state index in [1.165, 1.54) is 12.7 Å². The zero-order valence-corrected chi connectivity index (χ0v) is 13.6. The van der Waals surface area contributed by atoms with E-state index in [2.05, 4.69) is 10.2 Å². The molecular weight excluding hydrogens is 304 g/mol. The SMILES string of the molecule is Cc1occc1C(=O)N[C@@H]1CS(=O)(=O)C[C@@H]1N1CCCCC1. The Bertz CT molecular complexity index is 646. The molecule has 7 heteroatoms. The third kappa shape index (κ3) is 3.20. The smallest absolute Gasteiger partial charge is 0.255 e. The third-order valence-electron chi connectivity index (χ3n) is 4.60. The minimum absolute atomic E-state index is 0.0246. The number of nitrogens with one attached hydrogen (secondary N) is 1. The number of carbonyl (C=O) groups excluding carboxylic acids is 1. The molecule has 1 N–H and O–H groups in total. The average Bonchev–Trinajstić information content (AvgIpc) is 3.03. The van der Waals surface area contributed by atoms with E-state index in [-0.39, 0.29) is 29.5 Å². The summed E-state index contributed by atoms with van der Waals surface area (Å²) in [4.78, 5) is 14.6. The molecule has 1 amide bonds. The van der Waals surface area contributed by atoms with Crippen molar-refractivity contribution in [2.45, 2.75) is 38.3 Å². The van der Waals surface area contributed by atoms with Gasteiger partial charge in [0.05, 0.1) is 29.4 Å². The number of piperidine rings is 1. The van der Waals surface area contributed by atoms with Gasteiger partial charge in [-0.05, 0) is 38.9 Å². The molecular formula is C15H22N2O4S. The molecule has 0 aromatic carbocycles. The molecule has 2 aliphatic rings. The van der Waals surface area contributed by atoms with Crippen LogP contribution in [0.2, 0.25) is 0 Å². The standard InChI is InChI=1S/C15H22N2O4S/c1-11-12(5-8-21-11)15(18)16-13-9-22(19,20)10-14(13)17-6-3-2-4-7-17/h5,8,13-14H,2-4,6-7,9-10H2,1H3,(H,16,18)/t13-,14+/m1/s1. The zero-order chi connectivity index (χ0) is 15.7. The summed E-state index contributed by atoms with van der Waals surface area (Å²) in [5, 5.41) is 2.91. The number of furan rings is 1. The van der Waals surface area contributed by atoms with Gasteiger partial charge < -0.3 is 9.73 Å². The number of hydrogen-bond donors (Lipinski definition) is 1. The van der Waals surface area contributed by atoms with Crippen LogP contribution in [-0.2, 0) is 9.84 Å². The fourth-order valence-electron chi connectivity index (χ4n) is 3.44. The number of hydrogen-bond acceptors (Lipinski definition) is 5. The van der Waals surface area contributed by atoms with Gasteiger partial charge in [0.25, 0.3) is 5.91 Å². The fourth-order valence-corrected chi connectivity index (χ4v) is 5.40. The second-order valence-corrected chi connectivity index (χ2v) is 8.37. The van der Waals surface area contributed by atoms with Crippen molar-refractivity contribution in [3.05, 3.63) is 23.7 Å². The van der Waals surface area contributed by atoms with Gasteiger partial charge in [-0.15, -0.1) is 0 Å². The zero-order valence-electron chi connectivity index (χ0n) is 12.7. The van der Waals surface area contributed by atoms with Gasteiger partial charge in [0, 0.05) is 6.04 Å². The molecule has 3 rings (SSSR count). The van der Waals surface area contributed by atoms with Gasteiger partial charge in [0.15, 0.2) is 9.84 Å². The highest BCUT2D eigenvalue weighted by atomic mass is 32.2. The molecule has 0 aliphatic carbocycles. The third-order valence-corrected chi connectivity index (χ3v) is 6.32. The highest BCUT2D eigenvalue weighted by Crippen LogP contribution is 2.23. The van der Waals surface area contributed by atoms with Crippen LogP contribution in [0.15, 0.2) is 16.7 Å². The first-order valence-electron chi connectivity index (χ1n) is 7.76. The van der Waals surface area contributed by atoms with E-state index in [4.69, 9.17) is 4.42 Å². The van der Waals surface area contributed by atoms with E-state index in [9.17, 15) is 13.2 Å². The number of sulfone groups is 1. The minimum atomic E-state index is -3.10. The highest BCUT2D eigenvalue weighted by molar-refractivity contribution is 7.91. The van der Waals surface area contributed by atoms with E-state index in [0.717, 1.165) is 25.9 Å². The Balaban J connectivity index is 1.75. The van der Waals surface area contributed by atoms with Crippen molar-refractivity contribution in [3.63, 3.8) is 0 Å². The maximum atomic E-state index is 12.3. The largest absolute Gasteiger partial charge is 0.469 e. The first-order valence-corrected chi connectivity index (χ1v) is 9.58. The summed E-state index contributed by atoms with van der Waals surface area (Å²) >= 11 is 0. The Hall–Kier alpha value is -1.34. The molecule has 1 aromatic rings. The molecule has 1 aromatic heterocycles. The quantitative estimate of drug-likeness (QED) is 0.895. The Morgan fingerprint density at radius 1 is 1.27 bits per heavy atom. The summed E-state index contributed by atoms with van der Waals surface area (Å²) in [6.45, 7) is 3.55. The molecule has 22 heavy (non-hydrogen) atoms. The minimum Gasteiger partial charge on any atom is -0.469 e. The first kappa shape index (κ1) is 15.6. The summed E-state index contributed by atoms with van der Waals surface area (Å²) in [5.74, 6) is 0.460. The van der Waals surface area contributed by atoms with Gasteiger partial charge in [-0.3, -0.25) is 9.69 Å². The number of likely N-dealkylation sites (tertiary alicyclic amines) is 1. The molecule has 0 bridgehead atoms. The van der Waals surface area contributed by atoms with Crippen LogP contribution in [0, 0.1) is 6.92 Å². The lowest BCUT2D eigenvalue weighted by molar-refractivity contribution is 0.0898. The molecule has 0 saturated carbocycles. The van der Waals surface area contributed by atoms with Gasteiger partial charge in [0.2, 0.25) is 0 Å². The van der Waals surface area contributed by atoms with Crippen molar-refractivity contribution in [2.24, 2.45) is 0 Å². The molecule has 0 unspecified atom stereocenters. The molecule has 0 spiro atoms. The predicted octanol–water partition coefficient (Wildman–Crippen LogP) is 0.969. The monoisotopic (exact) mass is 326 g/mol. The molecule has 0 radical (unpaired) electrons. The molecule has 122 valence electrons. The molecule has 2 fully saturated rings. The summed E-state index contributed by atoms with van der Waals surface area (Å²) in [5.41, 5.74) is 0.474. The van der Waals surface area contributed by atoms with Crippen LogP contribution in [0.25, 0.3) is 0 Å². The second kappa shape index (κ2) is 6.04. The fraction of sp³-hybridized carbons (Fsp3) is 0.667. The number of aryl methyl sites for hydroxylation is 1. The lowest BCUT2D eigenvalue weighted by atomic mass is 10.0. The topological polar surface area (TPSA) is 79.6 Å². The maximum Gasteiger partial charge on any atom is 0.255 e. The van der Waals surface area contributed by atoms with Crippen molar-refractivity contribution in [1.82, 2.24) is 10.2 Å². The molecule has 2 aliphatic heterocycles. The lowest BCUT2D eigenvalue weighted by Crippen LogP contribution is -2.52. The maximum absolute atomic E-state index is 12.3. The highest BCUT2D eigenvalue weighted by Gasteiger charge is 2.42. The van der Waals surface area contributed by atoms with E-state index in [1.54, 1.807) is 13.0 Å². The second-order valence-electron chi connectivity index (χ2n) is 6.21. The summed E-state index contributed by atoms with van der Waals surface area (Å²) < 4.78 is 29.2. The van der Waals surface area contributed by atoms with Crippen molar-refractivity contribution in [3.8, 4) is 0 Å². The number of carbonyl (C=O) groups is 1. The van der Waals surface area contributed by atoms with Crippen LogP contribution >= 0.6 is 0 Å². The van der Waals surface area contributed by atoms with Crippen molar-refractivity contribution >= 4 is 15.7 Å². The van der Waals surface area contributed by atoms with E-state index < -0.39 is 9.84 Å². The molecule has 3 heterocycles. The van der Waals surface area contributed by atoms with Crippen molar-refractivity contribution < 1.29 is 17.6 Å². The Labute approximate surface area is 130 Å². The van der Waals surface area contributed by atoms with Gasteiger partial charge in [-0.25, -0.2) is 8.42 Å². The van der Waals surface area contributed by atoms with Gasteiger partial charge in [-0.1, -0.05) is 6.42 Å². The van der Waals surface area contributed by atoms with Crippen LogP contribution in [0.3, 0.4) is 0 Å². The van der Waals surface area contributed by atoms with Crippen molar-refractivity contribution in [2.75, 3.05) is 24.6 Å². The predicted molar refractivity (Wildman–Crippen MR) is 82.6 cm³/mol. The summed E-state index contributed by atoms with van der Waals surface area (Å²) in [7, 11) is -3.10. The Morgan fingerprint density at radius 2 is 2.00 bits per heavy atom. The van der Waals surface area contributed by atoms with Gasteiger partial charge in [0.1, 0.15) is 5.76 Å². The number of nitrogens with zero attached hydrogens (tertiary/aromatic N) is 1. The molecule has 2 atom stereocenters. The first-order chi connectivity index (χ1) is 10.5. The van der Waals surface area contributed by atoms with Crippen LogP contribution in [0.4, 0.5) is 0 Å². The van der Waals surface area contributed by atoms with Gasteiger partial charge in [-0.2, -0.15) is 0 Å². The van der Waals surface area contributed by atoms with Crippen molar-refractivity contribution in [1.29, 1.82) is 0 Å². The summed E-state index contributed by atoms with van der Waals surface area (Å²) in [6, 6.07) is 1.16. The van der Waals surface area contributed by atoms with Crippen LogP contribution in [0.1, 0.15) is 35.4 Å². The van der Waals surface area contributed by atoms with Crippen LogP contribution in [0.5, 0.6) is 0 Å². The average molecular weight is 326 g/mol. The Morgan fingerprint density at radius 3 is 2.64 bits per heavy atom. The number of rotatable bonds is 3. The lowest BCUT2D eigenvalue weighted by Gasteiger charge is -2.34. The van der Waals surface area contributed by atoms with Crippen LogP contribution in [-0.4, -0.2) is 55.9 Å².